The molecule has 0 N–H and O–H groups in total. The Labute approximate surface area is 66.9 Å². The lowest BCUT2D eigenvalue weighted by Crippen LogP contribution is -2.20. The Morgan fingerprint density at radius 3 is 2.00 bits per heavy atom. The molecule has 0 saturated heterocycles. The van der Waals surface area contributed by atoms with Crippen LogP contribution in [0.5, 0.6) is 0 Å². The molecule has 0 heterocycles. The molecule has 10 heavy (non-hydrogen) atoms. The summed E-state index contributed by atoms with van der Waals surface area (Å²) < 4.78 is 0. The highest BCUT2D eigenvalue weighted by atomic mass is 35.5. The van der Waals surface area contributed by atoms with E-state index < -0.39 is 0 Å². The van der Waals surface area contributed by atoms with E-state index in [0.717, 1.165) is 23.6 Å². The van der Waals surface area contributed by atoms with Crippen LogP contribution in [0.3, 0.4) is 0 Å². The summed E-state index contributed by atoms with van der Waals surface area (Å²) in [5.41, 5.74) is 0.650. The first kappa shape index (κ1) is 5.88. The monoisotopic (exact) mass is 156 g/mol. The van der Waals surface area contributed by atoms with Crippen LogP contribution < -0.4 is 0 Å². The summed E-state index contributed by atoms with van der Waals surface area (Å²) in [6.07, 6.45) is 6.01. The van der Waals surface area contributed by atoms with E-state index in [9.17, 15) is 0 Å². The van der Waals surface area contributed by atoms with E-state index in [2.05, 4.69) is 0 Å². The largest absolute Gasteiger partial charge is 0.126 e. The average molecular weight is 157 g/mol. The first-order chi connectivity index (χ1) is 4.84. The third-order valence-corrected chi connectivity index (χ3v) is 4.84. The summed E-state index contributed by atoms with van der Waals surface area (Å²) in [5, 5.41) is 0. The van der Waals surface area contributed by atoms with Gasteiger partial charge in [0.1, 0.15) is 0 Å². The summed E-state index contributed by atoms with van der Waals surface area (Å²) in [7, 11) is 0. The van der Waals surface area contributed by atoms with Gasteiger partial charge in [0.15, 0.2) is 0 Å². The maximum Gasteiger partial charge on any atom is 0.0282 e. The van der Waals surface area contributed by atoms with E-state index in [4.69, 9.17) is 11.6 Å². The molecule has 4 aliphatic rings. The van der Waals surface area contributed by atoms with Gasteiger partial charge >= 0.3 is 0 Å². The summed E-state index contributed by atoms with van der Waals surface area (Å²) in [6, 6.07) is 0. The van der Waals surface area contributed by atoms with Crippen molar-refractivity contribution in [2.24, 2.45) is 23.2 Å². The van der Waals surface area contributed by atoms with E-state index in [1.165, 1.54) is 25.7 Å². The van der Waals surface area contributed by atoms with Gasteiger partial charge in [0.2, 0.25) is 0 Å². The lowest BCUT2D eigenvalue weighted by atomic mass is 9.83. The highest BCUT2D eigenvalue weighted by Crippen LogP contribution is 2.70. The molecule has 0 nitrogen and oxygen atoms in total. The van der Waals surface area contributed by atoms with Crippen LogP contribution in [-0.2, 0) is 0 Å². The fraction of sp³-hybridized carbons (Fsp3) is 1.00. The van der Waals surface area contributed by atoms with Crippen molar-refractivity contribution in [3.63, 3.8) is 0 Å². The molecule has 0 radical (unpaired) electrons. The molecule has 0 aliphatic heterocycles. The summed E-state index contributed by atoms with van der Waals surface area (Å²) in [6.45, 7) is 0. The fourth-order valence-corrected chi connectivity index (χ4v) is 4.33. The summed E-state index contributed by atoms with van der Waals surface area (Å²) >= 11 is 6.01. The molecule has 0 aromatic carbocycles. The SMILES string of the molecule is ClCC12CC3CC1CC3C2. The second-order valence-corrected chi connectivity index (χ2v) is 4.86. The molecule has 4 rings (SSSR count). The average Bonchev–Trinajstić information content (AvgIpc) is 2.53. The fourth-order valence-electron chi connectivity index (χ4n) is 3.89. The van der Waals surface area contributed by atoms with E-state index in [0.29, 0.717) is 5.41 Å². The quantitative estimate of drug-likeness (QED) is 0.512. The summed E-state index contributed by atoms with van der Waals surface area (Å²) in [5.74, 6) is 4.19. The Kier molecular flexibility index (Phi) is 0.912. The van der Waals surface area contributed by atoms with Crippen LogP contribution >= 0.6 is 11.6 Å². The molecule has 4 fully saturated rings. The van der Waals surface area contributed by atoms with Crippen molar-refractivity contribution in [2.45, 2.75) is 25.7 Å². The van der Waals surface area contributed by atoms with Crippen LogP contribution in [0.15, 0.2) is 0 Å². The summed E-state index contributed by atoms with van der Waals surface area (Å²) in [4.78, 5) is 0. The Bertz CT molecular complexity index is 162. The van der Waals surface area contributed by atoms with Gasteiger partial charge in [-0.2, -0.15) is 0 Å². The molecule has 0 spiro atoms. The van der Waals surface area contributed by atoms with Crippen molar-refractivity contribution in [2.75, 3.05) is 5.88 Å². The van der Waals surface area contributed by atoms with Crippen LogP contribution in [-0.4, -0.2) is 5.88 Å². The van der Waals surface area contributed by atoms with Gasteiger partial charge in [-0.05, 0) is 48.9 Å². The number of hydrogen-bond acceptors (Lipinski definition) is 0. The second kappa shape index (κ2) is 1.55. The number of halogens is 1. The predicted molar refractivity (Wildman–Crippen MR) is 42.1 cm³/mol. The maximum atomic E-state index is 6.01. The lowest BCUT2D eigenvalue weighted by Gasteiger charge is -2.25. The molecular weight excluding hydrogens is 144 g/mol. The highest BCUT2D eigenvalue weighted by Gasteiger charge is 2.62. The van der Waals surface area contributed by atoms with Crippen molar-refractivity contribution in [1.29, 1.82) is 0 Å². The zero-order valence-corrected chi connectivity index (χ0v) is 6.90. The Morgan fingerprint density at radius 1 is 1.20 bits per heavy atom. The van der Waals surface area contributed by atoms with E-state index >= 15 is 0 Å². The van der Waals surface area contributed by atoms with Crippen LogP contribution in [0, 0.1) is 23.2 Å². The van der Waals surface area contributed by atoms with Crippen LogP contribution in [0.1, 0.15) is 25.7 Å². The predicted octanol–water partition coefficient (Wildman–Crippen LogP) is 2.66. The molecule has 4 bridgehead atoms. The topological polar surface area (TPSA) is 0 Å². The molecule has 0 aromatic heterocycles. The first-order valence-corrected chi connectivity index (χ1v) is 4.93. The lowest BCUT2D eigenvalue weighted by molar-refractivity contribution is 0.286. The van der Waals surface area contributed by atoms with Crippen LogP contribution in [0.2, 0.25) is 0 Å². The van der Waals surface area contributed by atoms with Gasteiger partial charge in [-0.15, -0.1) is 11.6 Å². The molecule has 1 heteroatoms. The van der Waals surface area contributed by atoms with Crippen molar-refractivity contribution in [1.82, 2.24) is 0 Å². The van der Waals surface area contributed by atoms with Crippen molar-refractivity contribution in [3.8, 4) is 0 Å². The molecule has 4 saturated carbocycles. The van der Waals surface area contributed by atoms with Gasteiger partial charge in [-0.1, -0.05) is 0 Å². The third kappa shape index (κ3) is 0.450. The molecule has 0 amide bonds. The van der Waals surface area contributed by atoms with Gasteiger partial charge < -0.3 is 0 Å². The zero-order chi connectivity index (χ0) is 6.77. The van der Waals surface area contributed by atoms with Crippen molar-refractivity contribution in [3.05, 3.63) is 0 Å². The minimum atomic E-state index is 0.650. The third-order valence-electron chi connectivity index (χ3n) is 4.31. The number of rotatable bonds is 1. The maximum absolute atomic E-state index is 6.01. The molecule has 2 atom stereocenters. The van der Waals surface area contributed by atoms with Crippen LogP contribution in [0.25, 0.3) is 0 Å². The highest BCUT2D eigenvalue weighted by molar-refractivity contribution is 6.18. The standard InChI is InChI=1S/C9H13Cl/c10-5-9-3-6-1-8(9)2-7(6)4-9/h6-8H,1-5H2. The minimum Gasteiger partial charge on any atom is -0.126 e. The molecule has 0 aromatic rings. The van der Waals surface area contributed by atoms with Crippen molar-refractivity contribution < 1.29 is 0 Å². The Balaban J connectivity index is 2.04. The molecule has 4 aliphatic carbocycles. The van der Waals surface area contributed by atoms with Crippen LogP contribution in [0.4, 0.5) is 0 Å². The number of hydrogen-bond donors (Lipinski definition) is 0. The van der Waals surface area contributed by atoms with Gasteiger partial charge in [0, 0.05) is 5.88 Å². The molecule has 2 unspecified atom stereocenters. The zero-order valence-electron chi connectivity index (χ0n) is 6.15. The minimum absolute atomic E-state index is 0.650. The van der Waals surface area contributed by atoms with Gasteiger partial charge in [0.25, 0.3) is 0 Å². The second-order valence-electron chi connectivity index (χ2n) is 4.59. The molecule has 56 valence electrons. The van der Waals surface area contributed by atoms with E-state index in [-0.39, 0.29) is 0 Å². The van der Waals surface area contributed by atoms with E-state index in [1.54, 1.807) is 0 Å². The first-order valence-electron chi connectivity index (χ1n) is 4.40. The molecular formula is C9H13Cl. The van der Waals surface area contributed by atoms with Gasteiger partial charge in [-0.3, -0.25) is 0 Å². The smallest absolute Gasteiger partial charge is 0.0282 e. The Hall–Kier alpha value is 0.290. The van der Waals surface area contributed by atoms with E-state index in [1.807, 2.05) is 0 Å². The van der Waals surface area contributed by atoms with Crippen molar-refractivity contribution >= 4 is 11.6 Å². The Morgan fingerprint density at radius 2 is 1.80 bits per heavy atom. The number of alkyl halides is 1. The normalized spacial score (nSPS) is 62.7. The van der Waals surface area contributed by atoms with Gasteiger partial charge in [0.05, 0.1) is 0 Å². The van der Waals surface area contributed by atoms with Gasteiger partial charge in [-0.25, -0.2) is 0 Å².